The fraction of sp³-hybridized carbons (Fsp3) is 0.500. The van der Waals surface area contributed by atoms with Crippen LogP contribution < -0.4 is 10.9 Å². The lowest BCUT2D eigenvalue weighted by Crippen LogP contribution is -2.25. The number of rotatable bonds is 6. The Labute approximate surface area is 118 Å². The molecule has 2 rings (SSSR count). The molecule has 0 bridgehead atoms. The number of imidazole rings is 1. The number of aryl methyl sites for hydroxylation is 3. The van der Waals surface area contributed by atoms with Gasteiger partial charge in [0.25, 0.3) is 5.56 Å². The van der Waals surface area contributed by atoms with Crippen LogP contribution in [0.15, 0.2) is 29.5 Å². The Morgan fingerprint density at radius 3 is 2.75 bits per heavy atom. The predicted molar refractivity (Wildman–Crippen MR) is 78.8 cm³/mol. The van der Waals surface area contributed by atoms with E-state index in [9.17, 15) is 4.79 Å². The molecule has 20 heavy (non-hydrogen) atoms. The number of aromatic nitrogens is 4. The molecular formula is C14H21N5O. The van der Waals surface area contributed by atoms with Crippen molar-refractivity contribution < 1.29 is 0 Å². The summed E-state index contributed by atoms with van der Waals surface area (Å²) in [6.45, 7) is 8.25. The summed E-state index contributed by atoms with van der Waals surface area (Å²) in [6, 6.07) is 1.59. The second-order valence-electron chi connectivity index (χ2n) is 5.25. The van der Waals surface area contributed by atoms with Gasteiger partial charge >= 0.3 is 0 Å². The van der Waals surface area contributed by atoms with Crippen LogP contribution in [0.3, 0.4) is 0 Å². The summed E-state index contributed by atoms with van der Waals surface area (Å²) in [6.07, 6.45) is 5.36. The molecule has 2 aromatic rings. The van der Waals surface area contributed by atoms with Crippen molar-refractivity contribution in [1.82, 2.24) is 19.3 Å². The standard InChI is InChI=1S/C14H21N5O/c1-11(2)9-16-13-8-14(20)19(17-10-13)7-6-18-5-4-15-12(18)3/h4-5,8,10-11,16H,6-7,9H2,1-3H3. The Balaban J connectivity index is 1.99. The van der Waals surface area contributed by atoms with Crippen LogP contribution in [0.5, 0.6) is 0 Å². The Hall–Kier alpha value is -2.11. The highest BCUT2D eigenvalue weighted by Gasteiger charge is 2.02. The van der Waals surface area contributed by atoms with Gasteiger partial charge in [0.2, 0.25) is 0 Å². The van der Waals surface area contributed by atoms with Crippen LogP contribution >= 0.6 is 0 Å². The van der Waals surface area contributed by atoms with Crippen LogP contribution in [0.4, 0.5) is 5.69 Å². The molecule has 6 nitrogen and oxygen atoms in total. The molecule has 0 aliphatic rings. The number of nitrogens with one attached hydrogen (secondary N) is 1. The van der Waals surface area contributed by atoms with Crippen LogP contribution in [-0.4, -0.2) is 25.9 Å². The number of nitrogens with zero attached hydrogens (tertiary/aromatic N) is 4. The maximum absolute atomic E-state index is 12.0. The molecule has 0 unspecified atom stereocenters. The van der Waals surface area contributed by atoms with Gasteiger partial charge in [-0.1, -0.05) is 13.8 Å². The van der Waals surface area contributed by atoms with Crippen LogP contribution in [-0.2, 0) is 13.1 Å². The van der Waals surface area contributed by atoms with Gasteiger partial charge in [0.15, 0.2) is 0 Å². The smallest absolute Gasteiger partial charge is 0.268 e. The Bertz CT molecular complexity index is 614. The lowest BCUT2D eigenvalue weighted by Gasteiger charge is -2.10. The number of anilines is 1. The van der Waals surface area contributed by atoms with Crippen LogP contribution in [0, 0.1) is 12.8 Å². The Morgan fingerprint density at radius 2 is 2.15 bits per heavy atom. The summed E-state index contributed by atoms with van der Waals surface area (Å²) in [5.41, 5.74) is 0.690. The van der Waals surface area contributed by atoms with Crippen LogP contribution in [0.2, 0.25) is 0 Å². The normalized spacial score (nSPS) is 11.0. The average molecular weight is 275 g/mol. The minimum Gasteiger partial charge on any atom is -0.383 e. The second kappa shape index (κ2) is 6.36. The first-order chi connectivity index (χ1) is 9.56. The molecule has 0 aromatic carbocycles. The Kier molecular flexibility index (Phi) is 4.55. The van der Waals surface area contributed by atoms with Gasteiger partial charge in [0.1, 0.15) is 5.82 Å². The third kappa shape index (κ3) is 3.69. The highest BCUT2D eigenvalue weighted by molar-refractivity contribution is 5.38. The minimum atomic E-state index is -0.0866. The van der Waals surface area contributed by atoms with Crippen molar-refractivity contribution in [3.63, 3.8) is 0 Å². The quantitative estimate of drug-likeness (QED) is 0.868. The number of hydrogen-bond donors (Lipinski definition) is 1. The molecule has 6 heteroatoms. The summed E-state index contributed by atoms with van der Waals surface area (Å²) >= 11 is 0. The van der Waals surface area contributed by atoms with E-state index < -0.39 is 0 Å². The molecule has 0 radical (unpaired) electrons. The zero-order chi connectivity index (χ0) is 14.5. The SMILES string of the molecule is Cc1nccn1CCn1ncc(NCC(C)C)cc1=O. The molecule has 0 aliphatic carbocycles. The van der Waals surface area contributed by atoms with E-state index >= 15 is 0 Å². The van der Waals surface area contributed by atoms with E-state index in [-0.39, 0.29) is 5.56 Å². The van der Waals surface area contributed by atoms with E-state index in [2.05, 4.69) is 29.2 Å². The molecule has 0 saturated carbocycles. The highest BCUT2D eigenvalue weighted by atomic mass is 16.1. The van der Waals surface area contributed by atoms with Gasteiger partial charge in [0.05, 0.1) is 18.4 Å². The summed E-state index contributed by atoms with van der Waals surface area (Å²) < 4.78 is 3.47. The maximum atomic E-state index is 12.0. The largest absolute Gasteiger partial charge is 0.383 e. The molecule has 108 valence electrons. The van der Waals surface area contributed by atoms with Gasteiger partial charge in [-0.2, -0.15) is 5.10 Å². The predicted octanol–water partition coefficient (Wildman–Crippen LogP) is 1.52. The monoisotopic (exact) mass is 275 g/mol. The van der Waals surface area contributed by atoms with Crippen molar-refractivity contribution in [2.75, 3.05) is 11.9 Å². The molecule has 0 saturated heterocycles. The fourth-order valence-electron chi connectivity index (χ4n) is 1.86. The molecule has 2 heterocycles. The molecule has 0 amide bonds. The van der Waals surface area contributed by atoms with Gasteiger partial charge in [-0.25, -0.2) is 9.67 Å². The van der Waals surface area contributed by atoms with Crippen molar-refractivity contribution in [2.45, 2.75) is 33.9 Å². The topological polar surface area (TPSA) is 64.7 Å². The summed E-state index contributed by atoms with van der Waals surface area (Å²) in [5.74, 6) is 1.47. The minimum absolute atomic E-state index is 0.0866. The molecule has 1 N–H and O–H groups in total. The van der Waals surface area contributed by atoms with Crippen molar-refractivity contribution in [1.29, 1.82) is 0 Å². The van der Waals surface area contributed by atoms with Gasteiger partial charge in [0, 0.05) is 31.5 Å². The number of hydrogen-bond acceptors (Lipinski definition) is 4. The van der Waals surface area contributed by atoms with E-state index in [0.29, 0.717) is 19.0 Å². The second-order valence-corrected chi connectivity index (χ2v) is 5.25. The van der Waals surface area contributed by atoms with Crippen molar-refractivity contribution in [3.8, 4) is 0 Å². The van der Waals surface area contributed by atoms with E-state index in [4.69, 9.17) is 0 Å². The first-order valence-electron chi connectivity index (χ1n) is 6.85. The van der Waals surface area contributed by atoms with Gasteiger partial charge in [-0.3, -0.25) is 4.79 Å². The molecule has 0 atom stereocenters. The first-order valence-corrected chi connectivity index (χ1v) is 6.85. The lowest BCUT2D eigenvalue weighted by molar-refractivity contribution is 0.504. The average Bonchev–Trinajstić information content (AvgIpc) is 2.81. The molecule has 2 aromatic heterocycles. The van der Waals surface area contributed by atoms with Crippen molar-refractivity contribution >= 4 is 5.69 Å². The molecular weight excluding hydrogens is 254 g/mol. The molecule has 0 spiro atoms. The van der Waals surface area contributed by atoms with E-state index in [1.807, 2.05) is 17.7 Å². The maximum Gasteiger partial charge on any atom is 0.268 e. The highest BCUT2D eigenvalue weighted by Crippen LogP contribution is 2.02. The zero-order valence-corrected chi connectivity index (χ0v) is 12.2. The van der Waals surface area contributed by atoms with Crippen molar-refractivity contribution in [3.05, 3.63) is 40.8 Å². The third-order valence-electron chi connectivity index (χ3n) is 3.06. The zero-order valence-electron chi connectivity index (χ0n) is 12.2. The summed E-state index contributed by atoms with van der Waals surface area (Å²) in [5, 5.41) is 7.39. The molecule has 0 fully saturated rings. The van der Waals surface area contributed by atoms with Gasteiger partial charge in [-0.15, -0.1) is 0 Å². The van der Waals surface area contributed by atoms with E-state index in [1.54, 1.807) is 18.5 Å². The molecule has 0 aliphatic heterocycles. The first kappa shape index (κ1) is 14.3. The van der Waals surface area contributed by atoms with E-state index in [0.717, 1.165) is 18.1 Å². The van der Waals surface area contributed by atoms with Crippen LogP contribution in [0.25, 0.3) is 0 Å². The van der Waals surface area contributed by atoms with Gasteiger partial charge in [-0.05, 0) is 12.8 Å². The van der Waals surface area contributed by atoms with Crippen LogP contribution in [0.1, 0.15) is 19.7 Å². The lowest BCUT2D eigenvalue weighted by atomic mass is 10.2. The summed E-state index contributed by atoms with van der Waals surface area (Å²) in [4.78, 5) is 16.1. The summed E-state index contributed by atoms with van der Waals surface area (Å²) in [7, 11) is 0. The fourth-order valence-corrected chi connectivity index (χ4v) is 1.86. The van der Waals surface area contributed by atoms with Gasteiger partial charge < -0.3 is 9.88 Å². The third-order valence-corrected chi connectivity index (χ3v) is 3.06. The van der Waals surface area contributed by atoms with Crippen molar-refractivity contribution in [2.24, 2.45) is 5.92 Å². The Morgan fingerprint density at radius 1 is 1.35 bits per heavy atom. The van der Waals surface area contributed by atoms with E-state index in [1.165, 1.54) is 4.68 Å².